The molecule has 2 aliphatic rings. The average Bonchev–Trinajstić information content (AvgIpc) is 2.98. The van der Waals surface area contributed by atoms with Gasteiger partial charge in [-0.1, -0.05) is 60.7 Å². The molecule has 3 amide bonds. The standard InChI is InChI=1S/C21H21N3O2/c25-20-18-17(14-24(20)13-7-10-15-8-3-1-4-9-15)22-21(26)23-19(18)16-11-5-2-6-12-16/h1-6,8-9,11-12,19H,7,10,13-14H2,(H2,22,23,26). The molecule has 26 heavy (non-hydrogen) atoms. The van der Waals surface area contributed by atoms with Gasteiger partial charge in [-0.3, -0.25) is 4.79 Å². The van der Waals surface area contributed by atoms with Gasteiger partial charge in [0.15, 0.2) is 0 Å². The maximum absolute atomic E-state index is 12.9. The van der Waals surface area contributed by atoms with Crippen LogP contribution in [0.2, 0.25) is 0 Å². The molecule has 1 unspecified atom stereocenters. The van der Waals surface area contributed by atoms with Crippen molar-refractivity contribution in [2.75, 3.05) is 13.1 Å². The molecule has 0 bridgehead atoms. The van der Waals surface area contributed by atoms with Gasteiger partial charge in [0, 0.05) is 6.54 Å². The minimum Gasteiger partial charge on any atom is -0.333 e. The first-order valence-electron chi connectivity index (χ1n) is 8.91. The van der Waals surface area contributed by atoms with Crippen molar-refractivity contribution < 1.29 is 9.59 Å². The van der Waals surface area contributed by atoms with E-state index in [1.54, 1.807) is 0 Å². The van der Waals surface area contributed by atoms with Crippen molar-refractivity contribution >= 4 is 11.9 Å². The summed E-state index contributed by atoms with van der Waals surface area (Å²) < 4.78 is 0. The average molecular weight is 347 g/mol. The van der Waals surface area contributed by atoms with Crippen LogP contribution in [0.3, 0.4) is 0 Å². The molecule has 2 aromatic carbocycles. The van der Waals surface area contributed by atoms with E-state index < -0.39 is 0 Å². The van der Waals surface area contributed by atoms with Gasteiger partial charge in [-0.25, -0.2) is 4.79 Å². The van der Waals surface area contributed by atoms with Gasteiger partial charge in [-0.05, 0) is 24.0 Å². The van der Waals surface area contributed by atoms with Gasteiger partial charge < -0.3 is 15.5 Å². The molecule has 0 radical (unpaired) electrons. The van der Waals surface area contributed by atoms with Crippen molar-refractivity contribution in [1.82, 2.24) is 15.5 Å². The Hall–Kier alpha value is -3.08. The van der Waals surface area contributed by atoms with Crippen LogP contribution in [0, 0.1) is 0 Å². The normalized spacial score (nSPS) is 19.2. The van der Waals surface area contributed by atoms with Crippen LogP contribution in [0.4, 0.5) is 4.79 Å². The quantitative estimate of drug-likeness (QED) is 0.874. The van der Waals surface area contributed by atoms with E-state index in [0.717, 1.165) is 24.1 Å². The van der Waals surface area contributed by atoms with Gasteiger partial charge >= 0.3 is 6.03 Å². The van der Waals surface area contributed by atoms with Crippen molar-refractivity contribution in [3.8, 4) is 0 Å². The zero-order valence-electron chi connectivity index (χ0n) is 14.4. The Morgan fingerprint density at radius 2 is 1.65 bits per heavy atom. The van der Waals surface area contributed by atoms with E-state index in [1.165, 1.54) is 5.56 Å². The molecule has 0 aliphatic carbocycles. The Labute approximate surface area is 152 Å². The molecule has 132 valence electrons. The van der Waals surface area contributed by atoms with Crippen LogP contribution in [0.5, 0.6) is 0 Å². The van der Waals surface area contributed by atoms with Gasteiger partial charge in [-0.2, -0.15) is 0 Å². The fourth-order valence-corrected chi connectivity index (χ4v) is 3.62. The lowest BCUT2D eigenvalue weighted by Crippen LogP contribution is -2.44. The van der Waals surface area contributed by atoms with Crippen molar-refractivity contribution in [1.29, 1.82) is 0 Å². The summed E-state index contributed by atoms with van der Waals surface area (Å²) in [5, 5.41) is 5.70. The predicted molar refractivity (Wildman–Crippen MR) is 99.2 cm³/mol. The molecular formula is C21H21N3O2. The van der Waals surface area contributed by atoms with Crippen molar-refractivity contribution in [2.24, 2.45) is 0 Å². The van der Waals surface area contributed by atoms with E-state index in [4.69, 9.17) is 0 Å². The third kappa shape index (κ3) is 3.20. The highest BCUT2D eigenvalue weighted by molar-refractivity contribution is 6.01. The molecule has 2 N–H and O–H groups in total. The van der Waals surface area contributed by atoms with E-state index in [0.29, 0.717) is 18.7 Å². The minimum atomic E-state index is -0.383. The first-order chi connectivity index (χ1) is 12.7. The summed E-state index contributed by atoms with van der Waals surface area (Å²) in [7, 11) is 0. The summed E-state index contributed by atoms with van der Waals surface area (Å²) >= 11 is 0. The molecule has 0 aromatic heterocycles. The van der Waals surface area contributed by atoms with E-state index in [-0.39, 0.29) is 18.0 Å². The Bertz CT molecular complexity index is 846. The highest BCUT2D eigenvalue weighted by Gasteiger charge is 2.39. The molecule has 1 atom stereocenters. The number of nitrogens with one attached hydrogen (secondary N) is 2. The second kappa shape index (κ2) is 7.04. The Morgan fingerprint density at radius 3 is 2.38 bits per heavy atom. The Morgan fingerprint density at radius 1 is 0.962 bits per heavy atom. The van der Waals surface area contributed by atoms with Crippen LogP contribution in [-0.4, -0.2) is 29.9 Å². The lowest BCUT2D eigenvalue weighted by Gasteiger charge is -2.25. The highest BCUT2D eigenvalue weighted by atomic mass is 16.2. The molecule has 2 aromatic rings. The summed E-state index contributed by atoms with van der Waals surface area (Å²) in [6, 6.07) is 19.3. The topological polar surface area (TPSA) is 61.4 Å². The lowest BCUT2D eigenvalue weighted by atomic mass is 9.96. The van der Waals surface area contributed by atoms with Crippen molar-refractivity contribution in [2.45, 2.75) is 18.9 Å². The third-order valence-electron chi connectivity index (χ3n) is 4.89. The zero-order valence-corrected chi connectivity index (χ0v) is 14.4. The highest BCUT2D eigenvalue weighted by Crippen LogP contribution is 2.32. The Balaban J connectivity index is 1.46. The van der Waals surface area contributed by atoms with Gasteiger partial charge in [0.05, 0.1) is 23.9 Å². The monoisotopic (exact) mass is 347 g/mol. The van der Waals surface area contributed by atoms with Gasteiger partial charge in [0.2, 0.25) is 0 Å². The van der Waals surface area contributed by atoms with Crippen LogP contribution in [0.25, 0.3) is 0 Å². The molecule has 0 saturated heterocycles. The number of urea groups is 1. The van der Waals surface area contributed by atoms with Crippen LogP contribution in [0.1, 0.15) is 23.6 Å². The van der Waals surface area contributed by atoms with Crippen LogP contribution in [0.15, 0.2) is 71.9 Å². The van der Waals surface area contributed by atoms with Gasteiger partial charge in [-0.15, -0.1) is 0 Å². The SMILES string of the molecule is O=C1NC2=C(C(=O)N(CCCc3ccccc3)C2)C(c2ccccc2)N1. The zero-order chi connectivity index (χ0) is 17.9. The van der Waals surface area contributed by atoms with Crippen LogP contribution < -0.4 is 10.6 Å². The number of hydrogen-bond donors (Lipinski definition) is 2. The molecule has 4 rings (SSSR count). The second-order valence-electron chi connectivity index (χ2n) is 6.65. The van der Waals surface area contributed by atoms with Gasteiger partial charge in [0.25, 0.3) is 5.91 Å². The molecule has 0 fully saturated rings. The molecule has 0 saturated carbocycles. The largest absolute Gasteiger partial charge is 0.333 e. The number of aryl methyl sites for hydroxylation is 1. The third-order valence-corrected chi connectivity index (χ3v) is 4.89. The van der Waals surface area contributed by atoms with Crippen molar-refractivity contribution in [3.05, 3.63) is 83.1 Å². The predicted octanol–water partition coefficient (Wildman–Crippen LogP) is 2.77. The van der Waals surface area contributed by atoms with Crippen LogP contribution in [-0.2, 0) is 11.2 Å². The molecule has 2 heterocycles. The molecule has 2 aliphatic heterocycles. The van der Waals surface area contributed by atoms with E-state index in [2.05, 4.69) is 22.8 Å². The number of benzene rings is 2. The number of hydrogen-bond acceptors (Lipinski definition) is 2. The van der Waals surface area contributed by atoms with Crippen LogP contribution >= 0.6 is 0 Å². The summed E-state index contributed by atoms with van der Waals surface area (Å²) in [6.07, 6.45) is 1.83. The first kappa shape index (κ1) is 16.4. The summed E-state index contributed by atoms with van der Waals surface area (Å²) in [4.78, 5) is 26.8. The van der Waals surface area contributed by atoms with Crippen molar-refractivity contribution in [3.63, 3.8) is 0 Å². The van der Waals surface area contributed by atoms with Gasteiger partial charge in [0.1, 0.15) is 0 Å². The fourth-order valence-electron chi connectivity index (χ4n) is 3.62. The first-order valence-corrected chi connectivity index (χ1v) is 8.91. The fraction of sp³-hybridized carbons (Fsp3) is 0.238. The van der Waals surface area contributed by atoms with E-state index in [9.17, 15) is 9.59 Å². The second-order valence-corrected chi connectivity index (χ2v) is 6.65. The summed E-state index contributed by atoms with van der Waals surface area (Å²) in [5.41, 5.74) is 3.59. The van der Waals surface area contributed by atoms with E-state index >= 15 is 0 Å². The maximum atomic E-state index is 12.9. The molecule has 0 spiro atoms. The molecular weight excluding hydrogens is 326 g/mol. The summed E-state index contributed by atoms with van der Waals surface area (Å²) in [5.74, 6) is 0.00872. The number of nitrogens with zero attached hydrogens (tertiary/aromatic N) is 1. The Kier molecular flexibility index (Phi) is 4.44. The molecule has 5 nitrogen and oxygen atoms in total. The smallest absolute Gasteiger partial charge is 0.319 e. The summed E-state index contributed by atoms with van der Waals surface area (Å²) in [6.45, 7) is 1.15. The number of carbonyl (C=O) groups is 2. The minimum absolute atomic E-state index is 0.00872. The number of amides is 3. The van der Waals surface area contributed by atoms with E-state index in [1.807, 2.05) is 53.4 Å². The number of carbonyl (C=O) groups excluding carboxylic acids is 2. The number of rotatable bonds is 5. The lowest BCUT2D eigenvalue weighted by molar-refractivity contribution is -0.125. The molecule has 5 heteroatoms. The maximum Gasteiger partial charge on any atom is 0.319 e.